The molecule has 0 aromatic rings. The van der Waals surface area contributed by atoms with Crippen LogP contribution in [0.5, 0.6) is 0 Å². The van der Waals surface area contributed by atoms with E-state index in [9.17, 15) is 9.59 Å². The number of carbonyl (C=O) groups is 2. The Kier molecular flexibility index (Phi) is 21.2. The maximum Gasteiger partial charge on any atom is 0.242 e. The molecule has 188 valence electrons. The van der Waals surface area contributed by atoms with Gasteiger partial charge < -0.3 is 21.7 Å². The summed E-state index contributed by atoms with van der Waals surface area (Å²) in [5.74, 6) is -0.329. The van der Waals surface area contributed by atoms with E-state index in [0.717, 1.165) is 12.8 Å². The number of rotatable bonds is 22. The lowest BCUT2D eigenvalue weighted by molar-refractivity contribution is -0.129. The number of unbranched alkanes of at least 4 members (excludes halogenated alkanes) is 14. The van der Waals surface area contributed by atoms with E-state index >= 15 is 0 Å². The molecule has 1 unspecified atom stereocenters. The Morgan fingerprint density at radius 3 is 1.69 bits per heavy atom. The van der Waals surface area contributed by atoms with Crippen LogP contribution < -0.4 is 21.7 Å². The van der Waals surface area contributed by atoms with Gasteiger partial charge in [-0.1, -0.05) is 96.8 Å². The second kappa shape index (κ2) is 22.4. The van der Waals surface area contributed by atoms with Gasteiger partial charge in [0, 0.05) is 20.0 Å². The Bertz CT molecular complexity index is 485. The van der Waals surface area contributed by atoms with Crippen molar-refractivity contribution >= 4 is 17.8 Å². The number of carbonyl (C=O) groups excluding carboxylic acids is 2. The van der Waals surface area contributed by atoms with E-state index in [1.807, 2.05) is 0 Å². The monoisotopic (exact) mass is 453 g/mol. The largest absolute Gasteiger partial charge is 0.370 e. The predicted molar refractivity (Wildman–Crippen MR) is 135 cm³/mol. The Morgan fingerprint density at radius 2 is 1.25 bits per heavy atom. The van der Waals surface area contributed by atoms with Gasteiger partial charge in [0.15, 0.2) is 5.96 Å². The summed E-state index contributed by atoms with van der Waals surface area (Å²) in [4.78, 5) is 24.2. The molecule has 0 aliphatic rings. The molecule has 7 nitrogen and oxygen atoms in total. The van der Waals surface area contributed by atoms with Gasteiger partial charge in [0.25, 0.3) is 0 Å². The van der Waals surface area contributed by atoms with Crippen LogP contribution in [0.3, 0.4) is 0 Å². The summed E-state index contributed by atoms with van der Waals surface area (Å²) in [5, 5.41) is 15.3. The van der Waals surface area contributed by atoms with Gasteiger partial charge in [-0.15, -0.1) is 0 Å². The van der Waals surface area contributed by atoms with E-state index in [2.05, 4.69) is 22.9 Å². The van der Waals surface area contributed by atoms with Gasteiger partial charge >= 0.3 is 0 Å². The molecule has 0 radical (unpaired) electrons. The molecule has 0 aliphatic heterocycles. The second-order valence-corrected chi connectivity index (χ2v) is 8.92. The van der Waals surface area contributed by atoms with Crippen LogP contribution in [-0.4, -0.2) is 37.4 Å². The van der Waals surface area contributed by atoms with Crippen molar-refractivity contribution in [3.63, 3.8) is 0 Å². The summed E-state index contributed by atoms with van der Waals surface area (Å²) in [6.45, 7) is 2.78. The van der Waals surface area contributed by atoms with Crippen LogP contribution in [0.4, 0.5) is 0 Å². The maximum atomic E-state index is 12.2. The van der Waals surface area contributed by atoms with Crippen LogP contribution in [0, 0.1) is 5.41 Å². The van der Waals surface area contributed by atoms with Crippen molar-refractivity contribution in [1.29, 1.82) is 5.41 Å². The summed E-state index contributed by atoms with van der Waals surface area (Å²) in [5.41, 5.74) is 5.25. The molecule has 0 spiro atoms. The summed E-state index contributed by atoms with van der Waals surface area (Å²) in [6, 6.07) is -0.530. The summed E-state index contributed by atoms with van der Waals surface area (Å²) >= 11 is 0. The summed E-state index contributed by atoms with van der Waals surface area (Å²) < 4.78 is 0. The fraction of sp³-hybridized carbons (Fsp3) is 0.880. The third-order valence-electron chi connectivity index (χ3n) is 5.89. The fourth-order valence-corrected chi connectivity index (χ4v) is 3.90. The van der Waals surface area contributed by atoms with Crippen molar-refractivity contribution in [3.05, 3.63) is 0 Å². The molecule has 0 fully saturated rings. The highest BCUT2D eigenvalue weighted by Crippen LogP contribution is 2.13. The van der Waals surface area contributed by atoms with Gasteiger partial charge in [0.2, 0.25) is 11.8 Å². The molecule has 2 amide bonds. The second-order valence-electron chi connectivity index (χ2n) is 8.92. The zero-order chi connectivity index (χ0) is 23.9. The van der Waals surface area contributed by atoms with E-state index in [-0.39, 0.29) is 17.8 Å². The average Bonchev–Trinajstić information content (AvgIpc) is 2.77. The highest BCUT2D eigenvalue weighted by molar-refractivity contribution is 5.87. The molecule has 0 bridgehead atoms. The van der Waals surface area contributed by atoms with Crippen LogP contribution in [0.25, 0.3) is 0 Å². The van der Waals surface area contributed by atoms with Gasteiger partial charge in [-0.25, -0.2) is 0 Å². The molecule has 32 heavy (non-hydrogen) atoms. The van der Waals surface area contributed by atoms with E-state index in [4.69, 9.17) is 11.1 Å². The van der Waals surface area contributed by atoms with Gasteiger partial charge in [-0.3, -0.25) is 15.0 Å². The maximum absolute atomic E-state index is 12.2. The fourth-order valence-electron chi connectivity index (χ4n) is 3.90. The van der Waals surface area contributed by atoms with Crippen molar-refractivity contribution < 1.29 is 9.59 Å². The molecule has 0 heterocycles. The molecule has 0 saturated heterocycles. The van der Waals surface area contributed by atoms with E-state index < -0.39 is 6.04 Å². The zero-order valence-corrected chi connectivity index (χ0v) is 20.9. The van der Waals surface area contributed by atoms with Gasteiger partial charge in [-0.05, 0) is 19.3 Å². The highest BCUT2D eigenvalue weighted by atomic mass is 16.2. The first-order valence-electron chi connectivity index (χ1n) is 13.1. The third-order valence-corrected chi connectivity index (χ3v) is 5.89. The van der Waals surface area contributed by atoms with E-state index in [0.29, 0.717) is 25.8 Å². The molecule has 7 heteroatoms. The standard InChI is InChI=1S/C25H51N5O2/c1-3-4-5-6-7-8-9-10-11-12-13-14-15-16-17-20-23(31)30-22(24(32)28-2)19-18-21-29-25(26)27/h22H,3-21H2,1-2H3,(H,28,32)(H,30,31)(H4,26,27,29). The van der Waals surface area contributed by atoms with Gasteiger partial charge in [0.1, 0.15) is 6.04 Å². The molecule has 1 atom stereocenters. The molecular formula is C25H51N5O2. The minimum absolute atomic E-state index is 0.0622. The average molecular weight is 454 g/mol. The Labute approximate surface area is 196 Å². The summed E-state index contributed by atoms with van der Waals surface area (Å²) in [6.07, 6.45) is 21.1. The topological polar surface area (TPSA) is 120 Å². The smallest absolute Gasteiger partial charge is 0.242 e. The Hall–Kier alpha value is -1.79. The number of hydrogen-bond donors (Lipinski definition) is 5. The predicted octanol–water partition coefficient (Wildman–Crippen LogP) is 4.74. The molecular weight excluding hydrogens is 402 g/mol. The lowest BCUT2D eigenvalue weighted by Gasteiger charge is -2.17. The molecule has 0 aromatic carbocycles. The quantitative estimate of drug-likeness (QED) is 0.0923. The molecule has 0 rings (SSSR count). The van der Waals surface area contributed by atoms with E-state index in [1.165, 1.54) is 83.5 Å². The van der Waals surface area contributed by atoms with Crippen LogP contribution in [0.15, 0.2) is 0 Å². The van der Waals surface area contributed by atoms with Gasteiger partial charge in [0.05, 0.1) is 0 Å². The highest BCUT2D eigenvalue weighted by Gasteiger charge is 2.18. The van der Waals surface area contributed by atoms with Crippen LogP contribution in [-0.2, 0) is 9.59 Å². The van der Waals surface area contributed by atoms with Crippen molar-refractivity contribution in [2.75, 3.05) is 13.6 Å². The van der Waals surface area contributed by atoms with Gasteiger partial charge in [-0.2, -0.15) is 0 Å². The molecule has 0 aromatic heterocycles. The SMILES string of the molecule is CCCCCCCCCCCCCCCCCC(=O)NC(CCCNC(=N)N)C(=O)NC. The molecule has 0 saturated carbocycles. The molecule has 6 N–H and O–H groups in total. The Balaban J connectivity index is 3.61. The first kappa shape index (κ1) is 30.2. The van der Waals surface area contributed by atoms with Crippen molar-refractivity contribution in [1.82, 2.24) is 16.0 Å². The number of hydrogen-bond acceptors (Lipinski definition) is 3. The molecule has 0 aliphatic carbocycles. The lowest BCUT2D eigenvalue weighted by Crippen LogP contribution is -2.46. The van der Waals surface area contributed by atoms with Crippen molar-refractivity contribution in [3.8, 4) is 0 Å². The number of guanidine groups is 1. The summed E-state index contributed by atoms with van der Waals surface area (Å²) in [7, 11) is 1.57. The minimum Gasteiger partial charge on any atom is -0.370 e. The van der Waals surface area contributed by atoms with E-state index in [1.54, 1.807) is 7.05 Å². The van der Waals surface area contributed by atoms with Crippen LogP contribution in [0.2, 0.25) is 0 Å². The van der Waals surface area contributed by atoms with Crippen molar-refractivity contribution in [2.24, 2.45) is 5.73 Å². The zero-order valence-electron chi connectivity index (χ0n) is 20.9. The van der Waals surface area contributed by atoms with Crippen LogP contribution >= 0.6 is 0 Å². The van der Waals surface area contributed by atoms with Crippen LogP contribution in [0.1, 0.15) is 122 Å². The number of nitrogens with two attached hydrogens (primary N) is 1. The first-order valence-corrected chi connectivity index (χ1v) is 13.1. The number of likely N-dealkylation sites (N-methyl/N-ethyl adjacent to an activating group) is 1. The number of amides is 2. The Morgan fingerprint density at radius 1 is 0.781 bits per heavy atom. The minimum atomic E-state index is -0.530. The normalized spacial score (nSPS) is 11.7. The number of nitrogens with one attached hydrogen (secondary N) is 4. The lowest BCUT2D eigenvalue weighted by atomic mass is 10.0. The first-order chi connectivity index (χ1) is 15.5. The van der Waals surface area contributed by atoms with Crippen molar-refractivity contribution in [2.45, 2.75) is 129 Å². The third kappa shape index (κ3) is 20.1.